The lowest BCUT2D eigenvalue weighted by Gasteiger charge is -2.01. The van der Waals surface area contributed by atoms with Crippen molar-refractivity contribution in [3.05, 3.63) is 23.5 Å². The Hall–Kier alpha value is -1.20. The second-order valence-corrected chi connectivity index (χ2v) is 4.59. The number of Topliss-reactive ketones (excluding diaryl/α,β-unsaturated/α-hetero) is 1. The van der Waals surface area contributed by atoms with Crippen molar-refractivity contribution in [1.82, 2.24) is 9.38 Å². The minimum absolute atomic E-state index is 0.0683. The summed E-state index contributed by atoms with van der Waals surface area (Å²) in [6.07, 6.45) is 4.64. The number of ketones is 1. The van der Waals surface area contributed by atoms with Gasteiger partial charge in [0.2, 0.25) is 0 Å². The van der Waals surface area contributed by atoms with Gasteiger partial charge in [-0.3, -0.25) is 9.20 Å². The first kappa shape index (κ1) is 10.3. The fourth-order valence-electron chi connectivity index (χ4n) is 1.49. The first-order valence-corrected chi connectivity index (χ1v) is 5.71. The van der Waals surface area contributed by atoms with Gasteiger partial charge in [0.1, 0.15) is 5.78 Å². The van der Waals surface area contributed by atoms with Crippen molar-refractivity contribution in [3.8, 4) is 0 Å². The van der Waals surface area contributed by atoms with Gasteiger partial charge in [-0.2, -0.15) is 0 Å². The van der Waals surface area contributed by atoms with Crippen LogP contribution in [0.1, 0.15) is 19.0 Å². The summed E-state index contributed by atoms with van der Waals surface area (Å²) in [7, 11) is 0. The number of imidazole rings is 1. The number of hydrogen-bond donors (Lipinski definition) is 1. The average Bonchev–Trinajstić information content (AvgIpc) is 2.60. The molecule has 0 aliphatic carbocycles. The van der Waals surface area contributed by atoms with Crippen LogP contribution in [0.3, 0.4) is 0 Å². The van der Waals surface area contributed by atoms with Gasteiger partial charge in [0, 0.05) is 30.2 Å². The van der Waals surface area contributed by atoms with Crippen molar-refractivity contribution in [2.24, 2.45) is 5.73 Å². The normalized spacial score (nSPS) is 13.2. The Kier molecular flexibility index (Phi) is 2.83. The molecule has 0 radical (unpaired) electrons. The standard InChI is InChI=1S/C10H13N3OS/c1-7(11)4-9(14)5-8-6-13-2-3-15-10(13)12-8/h2-3,6-7H,4-5,11H2,1H3. The Morgan fingerprint density at radius 3 is 3.20 bits per heavy atom. The van der Waals surface area contributed by atoms with Crippen molar-refractivity contribution >= 4 is 22.1 Å². The van der Waals surface area contributed by atoms with Crippen molar-refractivity contribution in [2.45, 2.75) is 25.8 Å². The number of thiazole rings is 1. The van der Waals surface area contributed by atoms with E-state index in [1.807, 2.05) is 29.1 Å². The lowest BCUT2D eigenvalue weighted by molar-refractivity contribution is -0.118. The van der Waals surface area contributed by atoms with Gasteiger partial charge in [-0.1, -0.05) is 0 Å². The maximum absolute atomic E-state index is 11.5. The highest BCUT2D eigenvalue weighted by molar-refractivity contribution is 7.15. The van der Waals surface area contributed by atoms with E-state index in [0.717, 1.165) is 10.7 Å². The quantitative estimate of drug-likeness (QED) is 0.848. The number of hydrogen-bond acceptors (Lipinski definition) is 4. The van der Waals surface area contributed by atoms with Crippen molar-refractivity contribution in [1.29, 1.82) is 0 Å². The molecule has 2 rings (SSSR count). The van der Waals surface area contributed by atoms with Gasteiger partial charge in [-0.25, -0.2) is 4.98 Å². The van der Waals surface area contributed by atoms with Gasteiger partial charge in [0.15, 0.2) is 4.96 Å². The molecule has 0 spiro atoms. The molecule has 15 heavy (non-hydrogen) atoms. The van der Waals surface area contributed by atoms with E-state index in [9.17, 15) is 4.79 Å². The molecule has 0 saturated carbocycles. The van der Waals surface area contributed by atoms with Crippen LogP contribution in [0.5, 0.6) is 0 Å². The Balaban J connectivity index is 2.06. The molecule has 80 valence electrons. The van der Waals surface area contributed by atoms with E-state index in [-0.39, 0.29) is 11.8 Å². The monoisotopic (exact) mass is 223 g/mol. The first-order chi connectivity index (χ1) is 7.15. The van der Waals surface area contributed by atoms with E-state index in [1.165, 1.54) is 0 Å². The molecule has 0 aliphatic rings. The van der Waals surface area contributed by atoms with Gasteiger partial charge >= 0.3 is 0 Å². The molecule has 2 heterocycles. The summed E-state index contributed by atoms with van der Waals surface area (Å²) in [5.74, 6) is 0.149. The maximum Gasteiger partial charge on any atom is 0.193 e. The highest BCUT2D eigenvalue weighted by atomic mass is 32.1. The van der Waals surface area contributed by atoms with Crippen LogP contribution in [0, 0.1) is 0 Å². The topological polar surface area (TPSA) is 60.4 Å². The maximum atomic E-state index is 11.5. The number of nitrogens with two attached hydrogens (primary N) is 1. The van der Waals surface area contributed by atoms with Crippen molar-refractivity contribution < 1.29 is 4.79 Å². The molecule has 1 atom stereocenters. The van der Waals surface area contributed by atoms with E-state index in [2.05, 4.69) is 4.98 Å². The molecule has 0 fully saturated rings. The van der Waals surface area contributed by atoms with E-state index in [4.69, 9.17) is 5.73 Å². The second kappa shape index (κ2) is 4.12. The average molecular weight is 223 g/mol. The van der Waals surface area contributed by atoms with Crippen LogP contribution in [0.4, 0.5) is 0 Å². The van der Waals surface area contributed by atoms with Crippen LogP contribution in [0.25, 0.3) is 4.96 Å². The smallest absolute Gasteiger partial charge is 0.193 e. The summed E-state index contributed by atoms with van der Waals surface area (Å²) in [6.45, 7) is 1.84. The minimum Gasteiger partial charge on any atom is -0.328 e. The van der Waals surface area contributed by atoms with Gasteiger partial charge in [-0.05, 0) is 6.92 Å². The Morgan fingerprint density at radius 2 is 2.53 bits per heavy atom. The van der Waals surface area contributed by atoms with Crippen LogP contribution in [0.15, 0.2) is 17.8 Å². The Labute approximate surface area is 91.7 Å². The predicted molar refractivity (Wildman–Crippen MR) is 60.0 cm³/mol. The Bertz CT molecular complexity index is 443. The lowest BCUT2D eigenvalue weighted by atomic mass is 10.1. The molecular formula is C10H13N3OS. The van der Waals surface area contributed by atoms with E-state index >= 15 is 0 Å². The van der Waals surface area contributed by atoms with Crippen LogP contribution < -0.4 is 5.73 Å². The third-order valence-electron chi connectivity index (χ3n) is 2.07. The van der Waals surface area contributed by atoms with Crippen LogP contribution in [0.2, 0.25) is 0 Å². The molecule has 1 unspecified atom stereocenters. The van der Waals surface area contributed by atoms with E-state index in [0.29, 0.717) is 12.8 Å². The molecule has 0 amide bonds. The number of nitrogens with zero attached hydrogens (tertiary/aromatic N) is 2. The fourth-order valence-corrected chi connectivity index (χ4v) is 2.21. The zero-order chi connectivity index (χ0) is 10.8. The number of aromatic nitrogens is 2. The molecule has 0 bridgehead atoms. The van der Waals surface area contributed by atoms with Crippen LogP contribution >= 0.6 is 11.3 Å². The SMILES string of the molecule is CC(N)CC(=O)Cc1cn2ccsc2n1. The summed E-state index contributed by atoms with van der Waals surface area (Å²) < 4.78 is 1.93. The molecule has 4 nitrogen and oxygen atoms in total. The number of fused-ring (bicyclic) bond motifs is 1. The zero-order valence-corrected chi connectivity index (χ0v) is 9.33. The van der Waals surface area contributed by atoms with E-state index < -0.39 is 0 Å². The highest BCUT2D eigenvalue weighted by Crippen LogP contribution is 2.12. The number of carbonyl (C=O) groups excluding carboxylic acids is 1. The summed E-state index contributed by atoms with van der Waals surface area (Å²) in [5, 5.41) is 1.97. The highest BCUT2D eigenvalue weighted by Gasteiger charge is 2.09. The lowest BCUT2D eigenvalue weighted by Crippen LogP contribution is -2.20. The number of rotatable bonds is 4. The zero-order valence-electron chi connectivity index (χ0n) is 8.51. The fraction of sp³-hybridized carbons (Fsp3) is 0.400. The molecule has 5 heteroatoms. The van der Waals surface area contributed by atoms with Gasteiger partial charge in [0.05, 0.1) is 12.1 Å². The third kappa shape index (κ3) is 2.43. The van der Waals surface area contributed by atoms with Crippen molar-refractivity contribution in [2.75, 3.05) is 0 Å². The Morgan fingerprint density at radius 1 is 1.73 bits per heavy atom. The van der Waals surface area contributed by atoms with Gasteiger partial charge < -0.3 is 5.73 Å². The van der Waals surface area contributed by atoms with Gasteiger partial charge in [-0.15, -0.1) is 11.3 Å². The second-order valence-electron chi connectivity index (χ2n) is 3.72. The summed E-state index contributed by atoms with van der Waals surface area (Å²) >= 11 is 1.56. The largest absolute Gasteiger partial charge is 0.328 e. The van der Waals surface area contributed by atoms with Gasteiger partial charge in [0.25, 0.3) is 0 Å². The minimum atomic E-state index is -0.0683. The molecule has 0 aliphatic heterocycles. The summed E-state index contributed by atoms with van der Waals surface area (Å²) in [4.78, 5) is 16.8. The predicted octanol–water partition coefficient (Wildman–Crippen LogP) is 1.24. The first-order valence-electron chi connectivity index (χ1n) is 4.83. The molecule has 2 aromatic heterocycles. The van der Waals surface area contributed by atoms with Crippen molar-refractivity contribution in [3.63, 3.8) is 0 Å². The molecule has 0 saturated heterocycles. The number of carbonyl (C=O) groups is 1. The molecule has 0 aromatic carbocycles. The molecule has 2 N–H and O–H groups in total. The van der Waals surface area contributed by atoms with Crippen LogP contribution in [-0.4, -0.2) is 21.2 Å². The summed E-state index contributed by atoms with van der Waals surface area (Å²) in [6, 6.07) is -0.0683. The van der Waals surface area contributed by atoms with Crippen LogP contribution in [-0.2, 0) is 11.2 Å². The summed E-state index contributed by atoms with van der Waals surface area (Å²) in [5.41, 5.74) is 6.38. The molecular weight excluding hydrogens is 210 g/mol. The molecule has 2 aromatic rings. The van der Waals surface area contributed by atoms with E-state index in [1.54, 1.807) is 11.3 Å². The third-order valence-corrected chi connectivity index (χ3v) is 2.84.